The summed E-state index contributed by atoms with van der Waals surface area (Å²) in [5.74, 6) is -1.08. The molecular weight excluding hydrogens is 623 g/mol. The predicted molar refractivity (Wildman–Crippen MR) is 179 cm³/mol. The lowest BCUT2D eigenvalue weighted by atomic mass is 9.94. The molecule has 0 radical (unpaired) electrons. The highest BCUT2D eigenvalue weighted by Gasteiger charge is 2.30. The second-order valence-corrected chi connectivity index (χ2v) is 13.1. The number of ether oxygens (including phenoxy) is 1. The Hall–Kier alpha value is -5.23. The summed E-state index contributed by atoms with van der Waals surface area (Å²) in [4.78, 5) is 15.9. The van der Waals surface area contributed by atoms with Crippen LogP contribution >= 0.6 is 11.6 Å². The van der Waals surface area contributed by atoms with Gasteiger partial charge in [-0.2, -0.15) is 0 Å². The standard InChI is InChI=1S/C37H26ClFN2O4S/c1-22-8-13-28(14-9-22)46(43,44)41-34-17-12-27(39)21-31(34)35(30-18-23(2)10-16-33(30)40-3)36(41)25-7-5-6-24(19-25)29-15-11-26(20-32(29)38)37(42)45-4/h5-21H,1-2,4H3. The van der Waals surface area contributed by atoms with Crippen molar-refractivity contribution < 1.29 is 22.3 Å². The Balaban J connectivity index is 1.73. The van der Waals surface area contributed by atoms with Crippen molar-refractivity contribution in [2.45, 2.75) is 18.7 Å². The van der Waals surface area contributed by atoms with E-state index >= 15 is 0 Å². The number of esters is 1. The lowest BCUT2D eigenvalue weighted by Gasteiger charge is -2.16. The maximum atomic E-state index is 15.0. The van der Waals surface area contributed by atoms with Crippen LogP contribution in [0.3, 0.4) is 0 Å². The van der Waals surface area contributed by atoms with Crippen molar-refractivity contribution in [1.29, 1.82) is 0 Å². The van der Waals surface area contributed by atoms with Gasteiger partial charge in [-0.1, -0.05) is 77.3 Å². The first-order valence-corrected chi connectivity index (χ1v) is 16.0. The van der Waals surface area contributed by atoms with E-state index in [0.717, 1.165) is 11.1 Å². The average molecular weight is 649 g/mol. The van der Waals surface area contributed by atoms with E-state index in [4.69, 9.17) is 22.9 Å². The van der Waals surface area contributed by atoms with Gasteiger partial charge in [-0.15, -0.1) is 0 Å². The van der Waals surface area contributed by atoms with Crippen molar-refractivity contribution in [3.63, 3.8) is 0 Å². The van der Waals surface area contributed by atoms with E-state index < -0.39 is 21.8 Å². The molecule has 0 amide bonds. The molecule has 1 heterocycles. The highest BCUT2D eigenvalue weighted by molar-refractivity contribution is 7.90. The van der Waals surface area contributed by atoms with Gasteiger partial charge < -0.3 is 4.74 Å². The lowest BCUT2D eigenvalue weighted by Crippen LogP contribution is -2.14. The molecule has 0 atom stereocenters. The minimum Gasteiger partial charge on any atom is -0.465 e. The monoisotopic (exact) mass is 648 g/mol. The van der Waals surface area contributed by atoms with Crippen molar-refractivity contribution >= 4 is 44.2 Å². The van der Waals surface area contributed by atoms with Crippen LogP contribution in [0.2, 0.25) is 5.02 Å². The second kappa shape index (κ2) is 11.9. The fourth-order valence-electron chi connectivity index (χ4n) is 5.61. The van der Waals surface area contributed by atoms with E-state index in [2.05, 4.69) is 4.85 Å². The largest absolute Gasteiger partial charge is 0.465 e. The molecule has 9 heteroatoms. The first kappa shape index (κ1) is 30.8. The Morgan fingerprint density at radius 1 is 0.848 bits per heavy atom. The topological polar surface area (TPSA) is 69.7 Å². The molecule has 0 aliphatic rings. The van der Waals surface area contributed by atoms with E-state index in [0.29, 0.717) is 43.9 Å². The zero-order valence-corrected chi connectivity index (χ0v) is 26.6. The Labute approximate surface area is 271 Å². The maximum absolute atomic E-state index is 15.0. The smallest absolute Gasteiger partial charge is 0.337 e. The number of nitrogens with zero attached hydrogens (tertiary/aromatic N) is 2. The minimum absolute atomic E-state index is 0.0550. The Kier molecular flexibility index (Phi) is 7.99. The number of halogens is 2. The molecule has 0 fully saturated rings. The molecule has 0 aliphatic carbocycles. The molecular formula is C37H26ClFN2O4S. The van der Waals surface area contributed by atoms with Crippen LogP contribution < -0.4 is 0 Å². The number of hydrogen-bond donors (Lipinski definition) is 0. The van der Waals surface area contributed by atoms with Crippen molar-refractivity contribution in [1.82, 2.24) is 3.97 Å². The number of aromatic nitrogens is 1. The Morgan fingerprint density at radius 3 is 2.26 bits per heavy atom. The first-order chi connectivity index (χ1) is 22.0. The normalized spacial score (nSPS) is 11.4. The zero-order chi connectivity index (χ0) is 32.7. The molecule has 46 heavy (non-hydrogen) atoms. The highest BCUT2D eigenvalue weighted by Crippen LogP contribution is 2.47. The first-order valence-electron chi connectivity index (χ1n) is 14.2. The van der Waals surface area contributed by atoms with Gasteiger partial charge in [-0.05, 0) is 73.5 Å². The third-order valence-electron chi connectivity index (χ3n) is 7.82. The van der Waals surface area contributed by atoms with E-state index in [-0.39, 0.29) is 21.7 Å². The highest BCUT2D eigenvalue weighted by atomic mass is 35.5. The van der Waals surface area contributed by atoms with Gasteiger partial charge in [0.05, 0.1) is 35.4 Å². The number of fused-ring (bicyclic) bond motifs is 1. The molecule has 0 unspecified atom stereocenters. The summed E-state index contributed by atoms with van der Waals surface area (Å²) in [6, 6.07) is 27.7. The average Bonchev–Trinajstić information content (AvgIpc) is 3.39. The fraction of sp³-hybridized carbons (Fsp3) is 0.0811. The number of methoxy groups -OCH3 is 1. The van der Waals surface area contributed by atoms with Gasteiger partial charge in [-0.25, -0.2) is 26.4 Å². The van der Waals surface area contributed by atoms with E-state index in [9.17, 15) is 17.6 Å². The van der Waals surface area contributed by atoms with Crippen molar-refractivity contribution in [3.8, 4) is 33.5 Å². The van der Waals surface area contributed by atoms with Gasteiger partial charge in [0.25, 0.3) is 10.0 Å². The summed E-state index contributed by atoms with van der Waals surface area (Å²) in [6.45, 7) is 11.7. The van der Waals surface area contributed by atoms with Gasteiger partial charge in [0, 0.05) is 27.1 Å². The molecule has 0 saturated carbocycles. The van der Waals surface area contributed by atoms with Gasteiger partial charge in [-0.3, -0.25) is 0 Å². The summed E-state index contributed by atoms with van der Waals surface area (Å²) in [5.41, 5.74) is 5.46. The van der Waals surface area contributed by atoms with Crippen LogP contribution in [0.25, 0.3) is 49.3 Å². The van der Waals surface area contributed by atoms with Crippen LogP contribution in [0.5, 0.6) is 0 Å². The number of aryl methyl sites for hydroxylation is 2. The van der Waals surface area contributed by atoms with E-state index in [1.807, 2.05) is 26.0 Å². The molecule has 6 rings (SSSR count). The van der Waals surface area contributed by atoms with Gasteiger partial charge in [0.15, 0.2) is 5.69 Å². The summed E-state index contributed by atoms with van der Waals surface area (Å²) in [7, 11) is -2.97. The molecule has 0 saturated heterocycles. The van der Waals surface area contributed by atoms with Crippen molar-refractivity contribution in [2.24, 2.45) is 0 Å². The van der Waals surface area contributed by atoms with Crippen LogP contribution in [0.15, 0.2) is 108 Å². The lowest BCUT2D eigenvalue weighted by molar-refractivity contribution is 0.0600. The Morgan fingerprint density at radius 2 is 1.57 bits per heavy atom. The SMILES string of the molecule is [C-]#[N+]c1ccc(C)cc1-c1c(-c2cccc(-c3ccc(C(=O)OC)cc3Cl)c2)n(S(=O)(=O)c2ccc(C)cc2)c2ccc(F)cc12. The quantitative estimate of drug-likeness (QED) is 0.133. The number of carbonyl (C=O) groups excluding carboxylic acids is 1. The van der Waals surface area contributed by atoms with Crippen molar-refractivity contribution in [2.75, 3.05) is 7.11 Å². The molecule has 6 aromatic rings. The van der Waals surface area contributed by atoms with Gasteiger partial charge >= 0.3 is 5.97 Å². The fourth-order valence-corrected chi connectivity index (χ4v) is 7.45. The predicted octanol–water partition coefficient (Wildman–Crippen LogP) is 9.63. The number of benzene rings is 5. The van der Waals surface area contributed by atoms with Crippen LogP contribution in [0.4, 0.5) is 10.1 Å². The number of hydrogen-bond acceptors (Lipinski definition) is 4. The molecule has 0 bridgehead atoms. The summed E-state index contributed by atoms with van der Waals surface area (Å²) < 4.78 is 50.2. The summed E-state index contributed by atoms with van der Waals surface area (Å²) in [6.07, 6.45) is 0. The van der Waals surface area contributed by atoms with Crippen LogP contribution in [-0.2, 0) is 14.8 Å². The molecule has 0 aliphatic heterocycles. The second-order valence-electron chi connectivity index (χ2n) is 10.9. The van der Waals surface area contributed by atoms with E-state index in [1.165, 1.54) is 35.3 Å². The number of carbonyl (C=O) groups is 1. The van der Waals surface area contributed by atoms with Crippen LogP contribution in [0, 0.1) is 26.2 Å². The number of rotatable bonds is 6. The van der Waals surface area contributed by atoms with Gasteiger partial charge in [0.2, 0.25) is 0 Å². The van der Waals surface area contributed by atoms with Crippen LogP contribution in [-0.4, -0.2) is 25.5 Å². The Bertz CT molecular complexity index is 2340. The molecule has 6 nitrogen and oxygen atoms in total. The molecule has 1 aromatic heterocycles. The molecule has 0 N–H and O–H groups in total. The third-order valence-corrected chi connectivity index (χ3v) is 9.87. The zero-order valence-electron chi connectivity index (χ0n) is 25.0. The summed E-state index contributed by atoms with van der Waals surface area (Å²) >= 11 is 6.64. The third kappa shape index (κ3) is 5.34. The molecule has 0 spiro atoms. The van der Waals surface area contributed by atoms with Crippen molar-refractivity contribution in [3.05, 3.63) is 142 Å². The molecule has 5 aromatic carbocycles. The van der Waals surface area contributed by atoms with Gasteiger partial charge in [0.1, 0.15) is 5.82 Å². The minimum atomic E-state index is -4.26. The van der Waals surface area contributed by atoms with Crippen LogP contribution in [0.1, 0.15) is 21.5 Å². The molecule has 228 valence electrons. The summed E-state index contributed by atoms with van der Waals surface area (Å²) in [5, 5.41) is 0.635. The van der Waals surface area contributed by atoms with E-state index in [1.54, 1.807) is 66.7 Å². The maximum Gasteiger partial charge on any atom is 0.337 e.